The number of aryl methyl sites for hydroxylation is 3. The average Bonchev–Trinajstić information content (AvgIpc) is 3.83. The predicted molar refractivity (Wildman–Crippen MR) is 200 cm³/mol. The normalized spacial score (nSPS) is 15.2. The van der Waals surface area contributed by atoms with Gasteiger partial charge in [0.05, 0.1) is 12.6 Å². The summed E-state index contributed by atoms with van der Waals surface area (Å²) < 4.78 is 39.1. The van der Waals surface area contributed by atoms with E-state index in [0.29, 0.717) is 19.4 Å². The van der Waals surface area contributed by atoms with Gasteiger partial charge < -0.3 is 20.6 Å². The summed E-state index contributed by atoms with van der Waals surface area (Å²) in [6.45, 7) is 5.59. The highest BCUT2D eigenvalue weighted by atomic mass is 19.4. The van der Waals surface area contributed by atoms with Crippen LogP contribution in [0.1, 0.15) is 40.9 Å². The van der Waals surface area contributed by atoms with Gasteiger partial charge in [-0.1, -0.05) is 60.7 Å². The molecule has 1 fully saturated rings. The Morgan fingerprint density at radius 1 is 0.962 bits per heavy atom. The van der Waals surface area contributed by atoms with Crippen molar-refractivity contribution in [2.24, 2.45) is 11.7 Å². The molecule has 9 nitrogen and oxygen atoms in total. The lowest BCUT2D eigenvalue weighted by atomic mass is 9.93. The number of pyridine rings is 1. The van der Waals surface area contributed by atoms with Gasteiger partial charge >= 0.3 is 6.18 Å². The quantitative estimate of drug-likeness (QED) is 0.128. The first-order valence-corrected chi connectivity index (χ1v) is 17.6. The summed E-state index contributed by atoms with van der Waals surface area (Å²) in [5.74, 6) is 0.994. The molecule has 1 saturated heterocycles. The lowest BCUT2D eigenvalue weighted by Gasteiger charge is -2.35. The number of β-amino-alcohol motifs (C(OH)–C–C–N with tert-alkyl or cyclic N) is 1. The number of carbonyl (C=O) groups is 2. The summed E-state index contributed by atoms with van der Waals surface area (Å²) in [6, 6.07) is 26.6. The lowest BCUT2D eigenvalue weighted by molar-refractivity contribution is -0.132. The van der Waals surface area contributed by atoms with Crippen LogP contribution in [-0.2, 0) is 35.4 Å². The minimum atomic E-state index is -4.29. The molecule has 284 valence electrons. The highest BCUT2D eigenvalue weighted by Crippen LogP contribution is 2.23. The van der Waals surface area contributed by atoms with Crippen LogP contribution in [0.5, 0.6) is 0 Å². The third-order valence-electron chi connectivity index (χ3n) is 8.82. The van der Waals surface area contributed by atoms with Crippen LogP contribution >= 0.6 is 0 Å². The van der Waals surface area contributed by atoms with Gasteiger partial charge in [0.1, 0.15) is 18.0 Å². The standard InChI is InChI=1S/C27H34N4O3.C9H10.C3H4F3NO.C2H2/c1-20-7-9-25(29-17-20)26-10-8-24(34-26)19-31-13-11-30(12-14-31)18-23(32)16-22(27(28)33)15-21-5-3-2-4-6-21;1-2-5-9-7-3-6-8(9)4-1;4-3(5,6)1-7-2-8;1-2/h2-10,17,22-23,32H,11-16,18-19H2,1H3,(H2,28,33);1-2,4-5H,3,6-7H2;2H,1H2,(H,7,8);1-2H/t22-,23?;;;/m1.../s1. The minimum Gasteiger partial charge on any atom is -0.458 e. The van der Waals surface area contributed by atoms with E-state index < -0.39 is 18.8 Å². The molecule has 0 saturated carbocycles. The Morgan fingerprint density at radius 2 is 1.58 bits per heavy atom. The number of hydrogen-bond acceptors (Lipinski definition) is 7. The van der Waals surface area contributed by atoms with Gasteiger partial charge in [-0.3, -0.25) is 24.4 Å². The fourth-order valence-electron chi connectivity index (χ4n) is 6.14. The molecule has 53 heavy (non-hydrogen) atoms. The maximum atomic E-state index is 11.9. The van der Waals surface area contributed by atoms with Crippen molar-refractivity contribution in [1.29, 1.82) is 0 Å². The van der Waals surface area contributed by atoms with Crippen LogP contribution in [0, 0.1) is 25.7 Å². The highest BCUT2D eigenvalue weighted by molar-refractivity contribution is 5.77. The second-order valence-corrected chi connectivity index (χ2v) is 13.0. The maximum Gasteiger partial charge on any atom is 0.405 e. The van der Waals surface area contributed by atoms with E-state index in [4.69, 9.17) is 10.2 Å². The van der Waals surface area contributed by atoms with E-state index >= 15 is 0 Å². The monoisotopic (exact) mass is 733 g/mol. The molecule has 2 aliphatic rings. The smallest absolute Gasteiger partial charge is 0.405 e. The summed E-state index contributed by atoms with van der Waals surface area (Å²) in [6.07, 6.45) is 9.89. The molecule has 12 heteroatoms. The van der Waals surface area contributed by atoms with Crippen LogP contribution in [0.4, 0.5) is 13.2 Å². The van der Waals surface area contributed by atoms with E-state index in [1.807, 2.05) is 67.7 Å². The van der Waals surface area contributed by atoms with E-state index in [2.05, 4.69) is 51.9 Å². The molecule has 0 radical (unpaired) electrons. The van der Waals surface area contributed by atoms with E-state index in [-0.39, 0.29) is 18.2 Å². The van der Waals surface area contributed by atoms with Crippen molar-refractivity contribution < 1.29 is 32.3 Å². The van der Waals surface area contributed by atoms with Crippen molar-refractivity contribution in [3.05, 3.63) is 113 Å². The molecule has 2 aromatic carbocycles. The second-order valence-electron chi connectivity index (χ2n) is 13.0. The molecule has 1 aliphatic carbocycles. The van der Waals surface area contributed by atoms with Gasteiger partial charge in [-0.05, 0) is 79.5 Å². The van der Waals surface area contributed by atoms with Crippen LogP contribution in [0.3, 0.4) is 0 Å². The van der Waals surface area contributed by atoms with Crippen molar-refractivity contribution >= 4 is 12.3 Å². The molecule has 3 heterocycles. The summed E-state index contributed by atoms with van der Waals surface area (Å²) in [4.78, 5) is 30.2. The first kappa shape index (κ1) is 42.5. The molecule has 0 spiro atoms. The Bertz CT molecular complexity index is 1650. The molecule has 4 N–H and O–H groups in total. The molecule has 1 aliphatic heterocycles. The molecule has 0 bridgehead atoms. The number of piperazine rings is 1. The number of amides is 2. The molecule has 2 aromatic heterocycles. The zero-order valence-electron chi connectivity index (χ0n) is 30.2. The molecule has 4 aromatic rings. The van der Waals surface area contributed by atoms with E-state index in [1.54, 1.807) is 11.1 Å². The number of aromatic nitrogens is 1. The number of halogens is 3. The van der Waals surface area contributed by atoms with Crippen LogP contribution < -0.4 is 11.1 Å². The number of furan rings is 1. The summed E-state index contributed by atoms with van der Waals surface area (Å²) in [5.41, 5.74) is 11.8. The fraction of sp³-hybridized carbons (Fsp3) is 0.390. The van der Waals surface area contributed by atoms with Crippen molar-refractivity contribution in [3.63, 3.8) is 0 Å². The maximum absolute atomic E-state index is 11.9. The average molecular weight is 734 g/mol. The zero-order chi connectivity index (χ0) is 38.6. The van der Waals surface area contributed by atoms with Gasteiger partial charge in [-0.25, -0.2) is 0 Å². The van der Waals surface area contributed by atoms with Crippen molar-refractivity contribution in [2.75, 3.05) is 39.3 Å². The first-order valence-electron chi connectivity index (χ1n) is 17.6. The van der Waals surface area contributed by atoms with Gasteiger partial charge in [0.25, 0.3) is 0 Å². The number of aliphatic hydroxyl groups excluding tert-OH is 1. The van der Waals surface area contributed by atoms with Crippen LogP contribution in [0.25, 0.3) is 11.5 Å². The molecular formula is C41H50F3N5O4. The first-order chi connectivity index (χ1) is 25.5. The molecular weight excluding hydrogens is 683 g/mol. The Kier molecular flexibility index (Phi) is 17.8. The topological polar surface area (TPSA) is 125 Å². The van der Waals surface area contributed by atoms with Gasteiger partial charge in [0.2, 0.25) is 12.3 Å². The number of nitrogens with one attached hydrogen (secondary N) is 1. The van der Waals surface area contributed by atoms with Crippen molar-refractivity contribution in [1.82, 2.24) is 20.1 Å². The number of alkyl halides is 3. The molecule has 6 rings (SSSR count). The summed E-state index contributed by atoms with van der Waals surface area (Å²) >= 11 is 0. The minimum absolute atomic E-state index is 0.00743. The second kappa shape index (κ2) is 22.2. The predicted octanol–water partition coefficient (Wildman–Crippen LogP) is 5.58. The fourth-order valence-corrected chi connectivity index (χ4v) is 6.14. The Hall–Kier alpha value is -4.96. The van der Waals surface area contributed by atoms with Crippen LogP contribution in [0.15, 0.2) is 89.5 Å². The Labute approximate surface area is 310 Å². The van der Waals surface area contributed by atoms with Crippen LogP contribution in [-0.4, -0.2) is 83.8 Å². The number of aliphatic hydroxyl groups is 1. The summed E-state index contributed by atoms with van der Waals surface area (Å²) in [7, 11) is 0. The van der Waals surface area contributed by atoms with Gasteiger partial charge in [0, 0.05) is 44.8 Å². The van der Waals surface area contributed by atoms with E-state index in [0.717, 1.165) is 61.1 Å². The van der Waals surface area contributed by atoms with Crippen molar-refractivity contribution in [3.8, 4) is 24.3 Å². The third kappa shape index (κ3) is 15.7. The zero-order valence-corrected chi connectivity index (χ0v) is 30.2. The van der Waals surface area contributed by atoms with Gasteiger partial charge in [-0.15, -0.1) is 12.8 Å². The molecule has 1 unspecified atom stereocenters. The number of rotatable bonds is 12. The number of fused-ring (bicyclic) bond motifs is 1. The largest absolute Gasteiger partial charge is 0.458 e. The number of nitrogens with zero attached hydrogens (tertiary/aromatic N) is 3. The number of benzene rings is 2. The molecule has 2 amide bonds. The number of hydrogen-bond donors (Lipinski definition) is 3. The number of nitrogens with two attached hydrogens (primary N) is 1. The van der Waals surface area contributed by atoms with Crippen molar-refractivity contribution in [2.45, 2.75) is 57.9 Å². The number of carbonyl (C=O) groups excluding carboxylic acids is 2. The van der Waals surface area contributed by atoms with Crippen LogP contribution in [0.2, 0.25) is 0 Å². The van der Waals surface area contributed by atoms with E-state index in [1.165, 1.54) is 24.6 Å². The Balaban J connectivity index is 0.000000323. The number of terminal acetylenes is 1. The third-order valence-corrected chi connectivity index (χ3v) is 8.82. The molecule has 2 atom stereocenters. The van der Waals surface area contributed by atoms with Gasteiger partial charge in [-0.2, -0.15) is 13.2 Å². The lowest BCUT2D eigenvalue weighted by Crippen LogP contribution is -2.48. The van der Waals surface area contributed by atoms with Gasteiger partial charge in [0.15, 0.2) is 5.76 Å². The number of primary amides is 1. The van der Waals surface area contributed by atoms with E-state index in [9.17, 15) is 27.9 Å². The summed E-state index contributed by atoms with van der Waals surface area (Å²) in [5, 5.41) is 12.1. The SMILES string of the molecule is C#C.Cc1ccc(-c2ccc(CN3CCN(CC(O)C[C@@H](Cc4ccccc4)C(N)=O)CC3)o2)nc1.O=CNCC(F)(F)F.c1ccc2c(c1)CCC2. The highest BCUT2D eigenvalue weighted by Gasteiger charge is 2.26. The Morgan fingerprint density at radius 3 is 2.13 bits per heavy atom.